The van der Waals surface area contributed by atoms with Crippen LogP contribution in [0.15, 0.2) is 60.7 Å². The highest BCUT2D eigenvalue weighted by Crippen LogP contribution is 2.27. The fourth-order valence-electron chi connectivity index (χ4n) is 3.47. The van der Waals surface area contributed by atoms with Crippen LogP contribution in [0.2, 0.25) is 0 Å². The number of amides is 1. The summed E-state index contributed by atoms with van der Waals surface area (Å²) in [6.45, 7) is 6.19. The van der Waals surface area contributed by atoms with Gasteiger partial charge in [0.15, 0.2) is 12.3 Å². The van der Waals surface area contributed by atoms with E-state index < -0.39 is 0 Å². The molecule has 0 fully saturated rings. The van der Waals surface area contributed by atoms with Crippen molar-refractivity contribution in [1.29, 1.82) is 0 Å². The van der Waals surface area contributed by atoms with Crippen molar-refractivity contribution in [2.75, 3.05) is 18.5 Å². The molecule has 31 heavy (non-hydrogen) atoms. The van der Waals surface area contributed by atoms with Crippen LogP contribution in [-0.2, 0) is 4.79 Å². The van der Waals surface area contributed by atoms with Crippen LogP contribution in [0.3, 0.4) is 0 Å². The predicted octanol–water partition coefficient (Wildman–Crippen LogP) is 4.45. The molecule has 0 atom stereocenters. The lowest BCUT2D eigenvalue weighted by Crippen LogP contribution is -2.21. The summed E-state index contributed by atoms with van der Waals surface area (Å²) in [5.41, 5.74) is 4.09. The van der Waals surface area contributed by atoms with Crippen LogP contribution in [0.5, 0.6) is 11.6 Å². The number of carbonyl (C=O) groups is 1. The lowest BCUT2D eigenvalue weighted by Gasteiger charge is -2.12. The summed E-state index contributed by atoms with van der Waals surface area (Å²) in [7, 11) is 0. The first kappa shape index (κ1) is 20.4. The van der Waals surface area contributed by atoms with Crippen molar-refractivity contribution >= 4 is 22.6 Å². The normalized spacial score (nSPS) is 10.8. The number of ether oxygens (including phenoxy) is 2. The number of fused-ring (bicyclic) bond motifs is 1. The molecule has 7 heteroatoms. The van der Waals surface area contributed by atoms with E-state index in [-0.39, 0.29) is 12.5 Å². The van der Waals surface area contributed by atoms with Crippen LogP contribution < -0.4 is 14.8 Å². The Hall–Kier alpha value is -3.87. The van der Waals surface area contributed by atoms with E-state index in [1.165, 1.54) is 0 Å². The smallest absolute Gasteiger partial charge is 0.262 e. The van der Waals surface area contributed by atoms with Crippen LogP contribution in [0.25, 0.3) is 16.7 Å². The zero-order valence-corrected chi connectivity index (χ0v) is 17.8. The fraction of sp³-hybridized carbons (Fsp3) is 0.208. The molecule has 0 saturated heterocycles. The van der Waals surface area contributed by atoms with Gasteiger partial charge in [-0.15, -0.1) is 0 Å². The molecule has 0 bridgehead atoms. The number of nitrogens with zero attached hydrogens (tertiary/aromatic N) is 3. The van der Waals surface area contributed by atoms with Crippen LogP contribution >= 0.6 is 0 Å². The standard InChI is InChI=1S/C24H24N4O3/c1-4-30-20-13-9-8-12-19(20)25-21(29)15-31-22-14-16(2)23-17(3)27-28(24(23)26-22)18-10-6-5-7-11-18/h5-14H,4,15H2,1-3H3,(H,25,29). The van der Waals surface area contributed by atoms with E-state index in [0.29, 0.717) is 29.6 Å². The molecule has 4 aromatic rings. The van der Waals surface area contributed by atoms with E-state index in [2.05, 4.69) is 15.4 Å². The van der Waals surface area contributed by atoms with Crippen molar-refractivity contribution in [3.63, 3.8) is 0 Å². The highest BCUT2D eigenvalue weighted by Gasteiger charge is 2.15. The number of aromatic nitrogens is 3. The van der Waals surface area contributed by atoms with Gasteiger partial charge >= 0.3 is 0 Å². The molecule has 0 radical (unpaired) electrons. The molecule has 0 saturated carbocycles. The largest absolute Gasteiger partial charge is 0.492 e. The minimum atomic E-state index is -0.292. The van der Waals surface area contributed by atoms with Crippen LogP contribution in [-0.4, -0.2) is 33.9 Å². The second-order valence-corrected chi connectivity index (χ2v) is 7.07. The Morgan fingerprint density at radius 3 is 2.55 bits per heavy atom. The minimum Gasteiger partial charge on any atom is -0.492 e. The van der Waals surface area contributed by atoms with E-state index in [9.17, 15) is 4.79 Å². The number of benzene rings is 2. The zero-order chi connectivity index (χ0) is 21.8. The minimum absolute atomic E-state index is 0.170. The van der Waals surface area contributed by atoms with Gasteiger partial charge in [0.1, 0.15) is 5.75 Å². The van der Waals surface area contributed by atoms with Gasteiger partial charge in [0.25, 0.3) is 5.91 Å². The molecular weight excluding hydrogens is 392 g/mol. The van der Waals surface area contributed by atoms with Gasteiger partial charge in [0.2, 0.25) is 5.88 Å². The summed E-state index contributed by atoms with van der Waals surface area (Å²) in [5, 5.41) is 8.45. The Morgan fingerprint density at radius 1 is 1.03 bits per heavy atom. The number of nitrogens with one attached hydrogen (secondary N) is 1. The van der Waals surface area contributed by atoms with E-state index in [4.69, 9.17) is 9.47 Å². The molecular formula is C24H24N4O3. The third-order valence-electron chi connectivity index (χ3n) is 4.80. The van der Waals surface area contributed by atoms with Crippen LogP contribution in [0, 0.1) is 13.8 Å². The Morgan fingerprint density at radius 2 is 1.77 bits per heavy atom. The van der Waals surface area contributed by atoms with E-state index in [1.54, 1.807) is 10.7 Å². The summed E-state index contributed by atoms with van der Waals surface area (Å²) >= 11 is 0. The lowest BCUT2D eigenvalue weighted by atomic mass is 10.2. The Labute approximate surface area is 180 Å². The molecule has 2 aromatic carbocycles. The van der Waals surface area contributed by atoms with E-state index in [1.807, 2.05) is 75.4 Å². The molecule has 0 unspecified atom stereocenters. The van der Waals surface area contributed by atoms with Gasteiger partial charge in [-0.3, -0.25) is 4.79 Å². The summed E-state index contributed by atoms with van der Waals surface area (Å²) in [4.78, 5) is 17.1. The zero-order valence-electron chi connectivity index (χ0n) is 17.8. The number of anilines is 1. The van der Waals surface area contributed by atoms with Crippen LogP contribution in [0.1, 0.15) is 18.2 Å². The Bertz CT molecular complexity index is 1220. The van der Waals surface area contributed by atoms with Crippen molar-refractivity contribution in [2.45, 2.75) is 20.8 Å². The maximum Gasteiger partial charge on any atom is 0.262 e. The average Bonchev–Trinajstić information content (AvgIpc) is 3.11. The number of aryl methyl sites for hydroxylation is 2. The topological polar surface area (TPSA) is 78.3 Å². The third-order valence-corrected chi connectivity index (χ3v) is 4.80. The first-order valence-electron chi connectivity index (χ1n) is 10.1. The van der Waals surface area contributed by atoms with Crippen molar-refractivity contribution in [2.24, 2.45) is 0 Å². The number of para-hydroxylation sites is 3. The highest BCUT2D eigenvalue weighted by atomic mass is 16.5. The van der Waals surface area contributed by atoms with Crippen molar-refractivity contribution in [3.8, 4) is 17.3 Å². The molecule has 2 aromatic heterocycles. The van der Waals surface area contributed by atoms with Gasteiger partial charge in [-0.2, -0.15) is 10.1 Å². The fourth-order valence-corrected chi connectivity index (χ4v) is 3.47. The number of rotatable bonds is 7. The first-order chi connectivity index (χ1) is 15.1. The maximum absolute atomic E-state index is 12.4. The molecule has 0 spiro atoms. The number of hydrogen-bond acceptors (Lipinski definition) is 5. The van der Waals surface area contributed by atoms with Gasteiger partial charge in [-0.25, -0.2) is 4.68 Å². The highest BCUT2D eigenvalue weighted by molar-refractivity contribution is 5.93. The second kappa shape index (κ2) is 8.87. The van der Waals surface area contributed by atoms with E-state index in [0.717, 1.165) is 22.3 Å². The third kappa shape index (κ3) is 4.35. The maximum atomic E-state index is 12.4. The molecule has 1 N–H and O–H groups in total. The first-order valence-corrected chi connectivity index (χ1v) is 10.1. The van der Waals surface area contributed by atoms with Crippen molar-refractivity contribution in [3.05, 3.63) is 71.9 Å². The van der Waals surface area contributed by atoms with Gasteiger partial charge in [0, 0.05) is 11.5 Å². The monoisotopic (exact) mass is 416 g/mol. The Balaban J connectivity index is 1.55. The lowest BCUT2D eigenvalue weighted by molar-refractivity contribution is -0.118. The van der Waals surface area contributed by atoms with Gasteiger partial charge < -0.3 is 14.8 Å². The Kier molecular flexibility index (Phi) is 5.84. The summed E-state index contributed by atoms with van der Waals surface area (Å²) in [6, 6.07) is 18.9. The van der Waals surface area contributed by atoms with Gasteiger partial charge in [-0.1, -0.05) is 30.3 Å². The summed E-state index contributed by atoms with van der Waals surface area (Å²) < 4.78 is 13.1. The van der Waals surface area contributed by atoms with Crippen LogP contribution in [0.4, 0.5) is 5.69 Å². The molecule has 0 aliphatic carbocycles. The van der Waals surface area contributed by atoms with Crippen molar-refractivity contribution < 1.29 is 14.3 Å². The average molecular weight is 416 g/mol. The second-order valence-electron chi connectivity index (χ2n) is 7.07. The molecule has 7 nitrogen and oxygen atoms in total. The van der Waals surface area contributed by atoms with E-state index >= 15 is 0 Å². The molecule has 4 rings (SSSR count). The van der Waals surface area contributed by atoms with Gasteiger partial charge in [0.05, 0.1) is 23.7 Å². The summed E-state index contributed by atoms with van der Waals surface area (Å²) in [6.07, 6.45) is 0. The number of carbonyl (C=O) groups excluding carboxylic acids is 1. The quantitative estimate of drug-likeness (QED) is 0.481. The number of hydrogen-bond donors (Lipinski definition) is 1. The molecule has 1 amide bonds. The molecule has 158 valence electrons. The summed E-state index contributed by atoms with van der Waals surface area (Å²) in [5.74, 6) is 0.700. The molecule has 0 aliphatic heterocycles. The number of pyridine rings is 1. The van der Waals surface area contributed by atoms with Gasteiger partial charge in [-0.05, 0) is 50.6 Å². The SMILES string of the molecule is CCOc1ccccc1NC(=O)COc1cc(C)c2c(C)nn(-c3ccccc3)c2n1. The molecule has 0 aliphatic rings. The molecule has 2 heterocycles. The van der Waals surface area contributed by atoms with Crippen molar-refractivity contribution in [1.82, 2.24) is 14.8 Å². The predicted molar refractivity (Wildman–Crippen MR) is 120 cm³/mol.